The molecule has 104 valence electrons. The number of rotatable bonds is 5. The van der Waals surface area contributed by atoms with Gasteiger partial charge in [-0.15, -0.1) is 0 Å². The standard InChI is InChI=1S/C13H18FN3O2/c1-7(15)3-4-12(18)17-11-6-9(13(16)19)5-10(14)8(11)2/h5-7H,3-4,15H2,1-2H3,(H2,16,19)(H,17,18). The number of benzene rings is 1. The molecule has 1 aromatic carbocycles. The van der Waals surface area contributed by atoms with E-state index in [4.69, 9.17) is 11.5 Å². The number of nitrogens with one attached hydrogen (secondary N) is 1. The number of hydrogen-bond acceptors (Lipinski definition) is 3. The molecule has 0 bridgehead atoms. The second-order valence-electron chi connectivity index (χ2n) is 4.56. The largest absolute Gasteiger partial charge is 0.366 e. The third kappa shape index (κ3) is 4.33. The van der Waals surface area contributed by atoms with E-state index in [9.17, 15) is 14.0 Å². The maximum absolute atomic E-state index is 13.6. The predicted octanol–water partition coefficient (Wildman–Crippen LogP) is 1.30. The van der Waals surface area contributed by atoms with Crippen LogP contribution >= 0.6 is 0 Å². The molecule has 5 N–H and O–H groups in total. The summed E-state index contributed by atoms with van der Waals surface area (Å²) in [6.45, 7) is 3.31. The number of carbonyl (C=O) groups is 2. The molecule has 2 amide bonds. The summed E-state index contributed by atoms with van der Waals surface area (Å²) in [5.74, 6) is -1.61. The van der Waals surface area contributed by atoms with E-state index in [-0.39, 0.29) is 35.2 Å². The van der Waals surface area contributed by atoms with Crippen LogP contribution in [0.15, 0.2) is 12.1 Å². The van der Waals surface area contributed by atoms with Crippen LogP contribution in [0.5, 0.6) is 0 Å². The highest BCUT2D eigenvalue weighted by atomic mass is 19.1. The van der Waals surface area contributed by atoms with E-state index in [1.54, 1.807) is 6.92 Å². The van der Waals surface area contributed by atoms with Crippen molar-refractivity contribution in [3.63, 3.8) is 0 Å². The molecule has 0 aromatic heterocycles. The monoisotopic (exact) mass is 267 g/mol. The maximum atomic E-state index is 13.6. The third-order valence-corrected chi connectivity index (χ3v) is 2.73. The number of hydrogen-bond donors (Lipinski definition) is 3. The minimum atomic E-state index is -0.745. The van der Waals surface area contributed by atoms with Crippen LogP contribution in [0, 0.1) is 12.7 Å². The molecule has 0 fully saturated rings. The first kappa shape index (κ1) is 15.1. The van der Waals surface area contributed by atoms with Crippen molar-refractivity contribution in [3.05, 3.63) is 29.1 Å². The fourth-order valence-corrected chi connectivity index (χ4v) is 1.52. The normalized spacial score (nSPS) is 12.0. The van der Waals surface area contributed by atoms with Crippen molar-refractivity contribution in [3.8, 4) is 0 Å². The summed E-state index contributed by atoms with van der Waals surface area (Å²) in [6, 6.07) is 2.33. The van der Waals surface area contributed by atoms with Gasteiger partial charge in [0.25, 0.3) is 0 Å². The molecule has 0 heterocycles. The summed E-state index contributed by atoms with van der Waals surface area (Å²) < 4.78 is 13.6. The minimum absolute atomic E-state index is 0.0191. The van der Waals surface area contributed by atoms with Crippen molar-refractivity contribution < 1.29 is 14.0 Å². The second kappa shape index (κ2) is 6.29. The average Bonchev–Trinajstić information content (AvgIpc) is 2.31. The van der Waals surface area contributed by atoms with Gasteiger partial charge in [0.1, 0.15) is 5.82 Å². The Kier molecular flexibility index (Phi) is 5.00. The molecule has 19 heavy (non-hydrogen) atoms. The van der Waals surface area contributed by atoms with Gasteiger partial charge >= 0.3 is 0 Å². The van der Waals surface area contributed by atoms with Gasteiger partial charge in [-0.25, -0.2) is 4.39 Å². The van der Waals surface area contributed by atoms with Crippen LogP contribution in [0.25, 0.3) is 0 Å². The second-order valence-corrected chi connectivity index (χ2v) is 4.56. The number of anilines is 1. The fraction of sp³-hybridized carbons (Fsp3) is 0.385. The van der Waals surface area contributed by atoms with E-state index in [1.165, 1.54) is 13.0 Å². The molecule has 1 unspecified atom stereocenters. The maximum Gasteiger partial charge on any atom is 0.248 e. The Hall–Kier alpha value is -1.95. The number of halogens is 1. The highest BCUT2D eigenvalue weighted by Crippen LogP contribution is 2.21. The summed E-state index contributed by atoms with van der Waals surface area (Å²) in [5, 5.41) is 2.56. The Morgan fingerprint density at radius 3 is 2.58 bits per heavy atom. The van der Waals surface area contributed by atoms with Gasteiger partial charge in [-0.05, 0) is 32.4 Å². The molecule has 0 aliphatic rings. The summed E-state index contributed by atoms with van der Waals surface area (Å²) in [5.41, 5.74) is 11.2. The van der Waals surface area contributed by atoms with E-state index in [0.29, 0.717) is 6.42 Å². The first-order chi connectivity index (χ1) is 8.81. The average molecular weight is 267 g/mol. The van der Waals surface area contributed by atoms with Crippen molar-refractivity contribution in [2.45, 2.75) is 32.7 Å². The summed E-state index contributed by atoms with van der Waals surface area (Å²) in [7, 11) is 0. The summed E-state index contributed by atoms with van der Waals surface area (Å²) >= 11 is 0. The van der Waals surface area contributed by atoms with Crippen LogP contribution < -0.4 is 16.8 Å². The SMILES string of the molecule is Cc1c(F)cc(C(N)=O)cc1NC(=O)CCC(C)N. The van der Waals surface area contributed by atoms with Gasteiger partial charge in [0.05, 0.1) is 0 Å². The molecule has 1 atom stereocenters. The topological polar surface area (TPSA) is 98.2 Å². The number of primary amides is 1. The van der Waals surface area contributed by atoms with Crippen molar-refractivity contribution in [1.82, 2.24) is 0 Å². The van der Waals surface area contributed by atoms with Gasteiger partial charge in [-0.3, -0.25) is 9.59 Å². The van der Waals surface area contributed by atoms with E-state index in [1.807, 2.05) is 0 Å². The number of amides is 2. The molecular weight excluding hydrogens is 249 g/mol. The Morgan fingerprint density at radius 2 is 2.05 bits per heavy atom. The molecule has 6 heteroatoms. The summed E-state index contributed by atoms with van der Waals surface area (Å²) in [6.07, 6.45) is 0.766. The Morgan fingerprint density at radius 1 is 1.42 bits per heavy atom. The zero-order valence-corrected chi connectivity index (χ0v) is 11.0. The van der Waals surface area contributed by atoms with Crippen molar-refractivity contribution >= 4 is 17.5 Å². The lowest BCUT2D eigenvalue weighted by Gasteiger charge is -2.11. The van der Waals surface area contributed by atoms with Crippen LogP contribution in [0.2, 0.25) is 0 Å². The molecule has 0 radical (unpaired) electrons. The van der Waals surface area contributed by atoms with E-state index < -0.39 is 11.7 Å². The van der Waals surface area contributed by atoms with E-state index >= 15 is 0 Å². The highest BCUT2D eigenvalue weighted by molar-refractivity contribution is 5.97. The molecule has 0 saturated carbocycles. The van der Waals surface area contributed by atoms with Crippen molar-refractivity contribution in [2.75, 3.05) is 5.32 Å². The van der Waals surface area contributed by atoms with Gasteiger partial charge in [0.15, 0.2) is 0 Å². The van der Waals surface area contributed by atoms with Gasteiger partial charge in [0, 0.05) is 29.3 Å². The Bertz CT molecular complexity index is 501. The number of carbonyl (C=O) groups excluding carboxylic acids is 2. The van der Waals surface area contributed by atoms with E-state index in [2.05, 4.69) is 5.32 Å². The van der Waals surface area contributed by atoms with Crippen LogP contribution in [0.3, 0.4) is 0 Å². The zero-order valence-electron chi connectivity index (χ0n) is 11.0. The molecule has 0 saturated heterocycles. The van der Waals surface area contributed by atoms with Crippen molar-refractivity contribution in [1.29, 1.82) is 0 Å². The highest BCUT2D eigenvalue weighted by Gasteiger charge is 2.12. The lowest BCUT2D eigenvalue weighted by Crippen LogP contribution is -2.20. The molecule has 0 aliphatic carbocycles. The lowest BCUT2D eigenvalue weighted by molar-refractivity contribution is -0.116. The van der Waals surface area contributed by atoms with Gasteiger partial charge in [-0.1, -0.05) is 0 Å². The molecule has 5 nitrogen and oxygen atoms in total. The van der Waals surface area contributed by atoms with Crippen molar-refractivity contribution in [2.24, 2.45) is 11.5 Å². The van der Waals surface area contributed by atoms with Gasteiger partial charge in [0.2, 0.25) is 11.8 Å². The summed E-state index contributed by atoms with van der Waals surface area (Å²) in [4.78, 5) is 22.7. The van der Waals surface area contributed by atoms with Gasteiger partial charge in [-0.2, -0.15) is 0 Å². The molecule has 1 aromatic rings. The zero-order chi connectivity index (χ0) is 14.6. The lowest BCUT2D eigenvalue weighted by atomic mass is 10.1. The molecule has 0 spiro atoms. The first-order valence-electron chi connectivity index (χ1n) is 5.96. The molecular formula is C13H18FN3O2. The fourth-order valence-electron chi connectivity index (χ4n) is 1.52. The predicted molar refractivity (Wildman–Crippen MR) is 71.2 cm³/mol. The first-order valence-corrected chi connectivity index (χ1v) is 5.96. The quantitative estimate of drug-likeness (QED) is 0.749. The van der Waals surface area contributed by atoms with Crippen LogP contribution in [0.1, 0.15) is 35.7 Å². The third-order valence-electron chi connectivity index (χ3n) is 2.73. The van der Waals surface area contributed by atoms with Crippen LogP contribution in [0.4, 0.5) is 10.1 Å². The van der Waals surface area contributed by atoms with Crippen LogP contribution in [-0.2, 0) is 4.79 Å². The molecule has 1 rings (SSSR count). The Balaban J connectivity index is 2.88. The van der Waals surface area contributed by atoms with Gasteiger partial charge < -0.3 is 16.8 Å². The number of nitrogens with two attached hydrogens (primary N) is 2. The minimum Gasteiger partial charge on any atom is -0.366 e. The smallest absolute Gasteiger partial charge is 0.248 e. The Labute approximate surface area is 111 Å². The van der Waals surface area contributed by atoms with E-state index in [0.717, 1.165) is 6.07 Å². The molecule has 0 aliphatic heterocycles. The van der Waals surface area contributed by atoms with Crippen LogP contribution in [-0.4, -0.2) is 17.9 Å².